The van der Waals surface area contributed by atoms with Gasteiger partial charge >= 0.3 is 5.97 Å². The van der Waals surface area contributed by atoms with Crippen LogP contribution in [0.1, 0.15) is 18.9 Å². The average molecular weight is 255 g/mol. The molecular weight excluding hydrogens is 237 g/mol. The van der Waals surface area contributed by atoms with Gasteiger partial charge in [0.2, 0.25) is 0 Å². The fourth-order valence-corrected chi connectivity index (χ4v) is 1.51. The van der Waals surface area contributed by atoms with Crippen LogP contribution < -0.4 is 10.5 Å². The topological polar surface area (TPSA) is 61.5 Å². The van der Waals surface area contributed by atoms with E-state index in [2.05, 4.69) is 4.74 Å². The minimum absolute atomic E-state index is 0.0181. The molecule has 0 saturated carbocycles. The fraction of sp³-hybridized carbons (Fsp3) is 0.462. The highest BCUT2D eigenvalue weighted by Gasteiger charge is 2.07. The quantitative estimate of drug-likeness (QED) is 0.785. The van der Waals surface area contributed by atoms with Crippen molar-refractivity contribution >= 4 is 5.97 Å². The molecule has 0 radical (unpaired) electrons. The van der Waals surface area contributed by atoms with Crippen molar-refractivity contribution < 1.29 is 18.7 Å². The van der Waals surface area contributed by atoms with Gasteiger partial charge in [0.15, 0.2) is 11.6 Å². The lowest BCUT2D eigenvalue weighted by atomic mass is 10.1. The molecule has 0 aliphatic rings. The van der Waals surface area contributed by atoms with Gasteiger partial charge in [0, 0.05) is 6.04 Å². The second-order valence-electron chi connectivity index (χ2n) is 4.12. The van der Waals surface area contributed by atoms with Crippen LogP contribution in [0.3, 0.4) is 0 Å². The number of rotatable bonds is 6. The Bertz CT molecular complexity index is 407. The average Bonchev–Trinajstić information content (AvgIpc) is 2.31. The maximum Gasteiger partial charge on any atom is 0.308 e. The van der Waals surface area contributed by atoms with E-state index in [1.165, 1.54) is 13.2 Å². The van der Waals surface area contributed by atoms with E-state index in [4.69, 9.17) is 10.5 Å². The van der Waals surface area contributed by atoms with E-state index in [0.29, 0.717) is 6.42 Å². The molecule has 1 atom stereocenters. The van der Waals surface area contributed by atoms with Crippen LogP contribution in [0, 0.1) is 5.82 Å². The zero-order chi connectivity index (χ0) is 13.5. The second kappa shape index (κ2) is 6.96. The van der Waals surface area contributed by atoms with Crippen LogP contribution >= 0.6 is 0 Å². The summed E-state index contributed by atoms with van der Waals surface area (Å²) in [5.41, 5.74) is 6.46. The molecule has 0 aromatic heterocycles. The highest BCUT2D eigenvalue weighted by Crippen LogP contribution is 2.19. The highest BCUT2D eigenvalue weighted by atomic mass is 19.1. The zero-order valence-electron chi connectivity index (χ0n) is 10.6. The third kappa shape index (κ3) is 4.71. The smallest absolute Gasteiger partial charge is 0.308 e. The van der Waals surface area contributed by atoms with Gasteiger partial charge in [0.05, 0.1) is 20.1 Å². The van der Waals surface area contributed by atoms with E-state index in [9.17, 15) is 9.18 Å². The SMILES string of the molecule is COC(=O)CCOc1ccc(CC(C)N)cc1F. The van der Waals surface area contributed by atoms with E-state index in [0.717, 1.165) is 5.56 Å². The Kier molecular flexibility index (Phi) is 5.58. The van der Waals surface area contributed by atoms with Crippen LogP contribution in [-0.4, -0.2) is 25.7 Å². The maximum absolute atomic E-state index is 13.6. The van der Waals surface area contributed by atoms with Crippen molar-refractivity contribution in [3.8, 4) is 5.75 Å². The Hall–Kier alpha value is -1.62. The minimum Gasteiger partial charge on any atom is -0.490 e. The predicted molar refractivity (Wildman–Crippen MR) is 65.9 cm³/mol. The van der Waals surface area contributed by atoms with Crippen LogP contribution in [-0.2, 0) is 16.0 Å². The first-order valence-electron chi connectivity index (χ1n) is 5.76. The number of hydrogen-bond acceptors (Lipinski definition) is 4. The van der Waals surface area contributed by atoms with Gasteiger partial charge in [0.1, 0.15) is 0 Å². The lowest BCUT2D eigenvalue weighted by molar-refractivity contribution is -0.141. The van der Waals surface area contributed by atoms with Gasteiger partial charge in [-0.05, 0) is 31.0 Å². The van der Waals surface area contributed by atoms with E-state index < -0.39 is 5.82 Å². The number of ether oxygens (including phenoxy) is 2. The lowest BCUT2D eigenvalue weighted by Gasteiger charge is -2.09. The monoisotopic (exact) mass is 255 g/mol. The number of carbonyl (C=O) groups excluding carboxylic acids is 1. The molecule has 0 spiro atoms. The highest BCUT2D eigenvalue weighted by molar-refractivity contribution is 5.69. The Balaban J connectivity index is 2.54. The first-order valence-corrected chi connectivity index (χ1v) is 5.76. The van der Waals surface area contributed by atoms with Gasteiger partial charge in [0.25, 0.3) is 0 Å². The molecule has 0 fully saturated rings. The van der Waals surface area contributed by atoms with Gasteiger partial charge in [-0.15, -0.1) is 0 Å². The molecule has 18 heavy (non-hydrogen) atoms. The van der Waals surface area contributed by atoms with Crippen molar-refractivity contribution in [3.05, 3.63) is 29.6 Å². The summed E-state index contributed by atoms with van der Waals surface area (Å²) in [5, 5.41) is 0. The number of nitrogens with two attached hydrogens (primary N) is 1. The van der Waals surface area contributed by atoms with Crippen molar-refractivity contribution in [2.45, 2.75) is 25.8 Å². The molecular formula is C13H18FNO3. The van der Waals surface area contributed by atoms with Crippen LogP contribution in [0.4, 0.5) is 4.39 Å². The van der Waals surface area contributed by atoms with E-state index in [1.54, 1.807) is 12.1 Å². The maximum atomic E-state index is 13.6. The van der Waals surface area contributed by atoms with Gasteiger partial charge in [-0.25, -0.2) is 4.39 Å². The van der Waals surface area contributed by atoms with E-state index >= 15 is 0 Å². The van der Waals surface area contributed by atoms with E-state index in [1.807, 2.05) is 6.92 Å². The normalized spacial score (nSPS) is 12.0. The van der Waals surface area contributed by atoms with E-state index in [-0.39, 0.29) is 30.8 Å². The van der Waals surface area contributed by atoms with Crippen molar-refractivity contribution in [3.63, 3.8) is 0 Å². The molecule has 4 nitrogen and oxygen atoms in total. The van der Waals surface area contributed by atoms with Gasteiger partial charge in [-0.3, -0.25) is 4.79 Å². The third-order valence-electron chi connectivity index (χ3n) is 2.35. The molecule has 100 valence electrons. The number of esters is 1. The number of carbonyl (C=O) groups is 1. The Morgan fingerprint density at radius 2 is 2.22 bits per heavy atom. The van der Waals surface area contributed by atoms with Gasteiger partial charge in [-0.2, -0.15) is 0 Å². The van der Waals surface area contributed by atoms with Crippen molar-refractivity contribution in [1.29, 1.82) is 0 Å². The summed E-state index contributed by atoms with van der Waals surface area (Å²) in [6.07, 6.45) is 0.705. The number of halogens is 1. The summed E-state index contributed by atoms with van der Waals surface area (Å²) in [6.45, 7) is 1.95. The first-order chi connectivity index (χ1) is 8.52. The summed E-state index contributed by atoms with van der Waals surface area (Å²) in [7, 11) is 1.30. The van der Waals surface area contributed by atoms with Gasteiger partial charge < -0.3 is 15.2 Å². The number of hydrogen-bond donors (Lipinski definition) is 1. The largest absolute Gasteiger partial charge is 0.490 e. The van der Waals surface area contributed by atoms with Crippen LogP contribution in [0.2, 0.25) is 0 Å². The molecule has 1 aromatic rings. The molecule has 0 saturated heterocycles. The Morgan fingerprint density at radius 1 is 1.50 bits per heavy atom. The summed E-state index contributed by atoms with van der Waals surface area (Å²) in [6, 6.07) is 4.69. The second-order valence-corrected chi connectivity index (χ2v) is 4.12. The molecule has 1 aromatic carbocycles. The number of methoxy groups -OCH3 is 1. The Labute approximate surface area is 106 Å². The molecule has 1 rings (SSSR count). The predicted octanol–water partition coefficient (Wildman–Crippen LogP) is 1.66. The zero-order valence-corrected chi connectivity index (χ0v) is 10.6. The summed E-state index contributed by atoms with van der Waals surface area (Å²) in [4.78, 5) is 10.9. The molecule has 5 heteroatoms. The molecule has 0 aliphatic carbocycles. The molecule has 0 aliphatic heterocycles. The van der Waals surface area contributed by atoms with Crippen LogP contribution in [0.25, 0.3) is 0 Å². The molecule has 0 heterocycles. The molecule has 0 bridgehead atoms. The van der Waals surface area contributed by atoms with Crippen molar-refractivity contribution in [1.82, 2.24) is 0 Å². The van der Waals surface area contributed by atoms with Crippen LogP contribution in [0.15, 0.2) is 18.2 Å². The van der Waals surface area contributed by atoms with Crippen molar-refractivity contribution in [2.75, 3.05) is 13.7 Å². The minimum atomic E-state index is -0.446. The third-order valence-corrected chi connectivity index (χ3v) is 2.35. The first kappa shape index (κ1) is 14.4. The standard InChI is InChI=1S/C13H18FNO3/c1-9(15)7-10-3-4-12(11(14)8-10)18-6-5-13(16)17-2/h3-4,8-9H,5-7,15H2,1-2H3. The van der Waals surface area contributed by atoms with Gasteiger partial charge in [-0.1, -0.05) is 6.07 Å². The summed E-state index contributed by atoms with van der Waals surface area (Å²) in [5.74, 6) is -0.700. The Morgan fingerprint density at radius 3 is 2.78 bits per heavy atom. The van der Waals surface area contributed by atoms with Crippen molar-refractivity contribution in [2.24, 2.45) is 5.73 Å². The molecule has 0 amide bonds. The molecule has 2 N–H and O–H groups in total. The fourth-order valence-electron chi connectivity index (χ4n) is 1.51. The summed E-state index contributed by atoms with van der Waals surface area (Å²) < 4.78 is 23.2. The number of benzene rings is 1. The van der Waals surface area contributed by atoms with Crippen LogP contribution in [0.5, 0.6) is 5.75 Å². The summed E-state index contributed by atoms with van der Waals surface area (Å²) >= 11 is 0. The molecule has 1 unspecified atom stereocenters. The lowest BCUT2D eigenvalue weighted by Crippen LogP contribution is -2.17.